The Labute approximate surface area is 97.5 Å². The number of imidazole rings is 1. The molecule has 3 nitrogen and oxygen atoms in total. The van der Waals surface area contributed by atoms with Crippen molar-refractivity contribution in [2.75, 3.05) is 0 Å². The largest absolute Gasteiger partial charge is 0.334 e. The summed E-state index contributed by atoms with van der Waals surface area (Å²) in [5.41, 5.74) is 7.72. The summed E-state index contributed by atoms with van der Waals surface area (Å²) in [5, 5.41) is 0. The molecule has 0 spiro atoms. The molecule has 0 radical (unpaired) electrons. The van der Waals surface area contributed by atoms with E-state index in [1.54, 1.807) is 0 Å². The summed E-state index contributed by atoms with van der Waals surface area (Å²) in [7, 11) is 1.98. The molecule has 5 heteroatoms. The van der Waals surface area contributed by atoms with Crippen LogP contribution in [-0.2, 0) is 13.6 Å². The number of nitrogens with zero attached hydrogens (tertiary/aromatic N) is 2. The molecular formula is C10H12ClN3S. The van der Waals surface area contributed by atoms with Crippen LogP contribution >= 0.6 is 22.9 Å². The van der Waals surface area contributed by atoms with Crippen LogP contribution in [0.15, 0.2) is 12.1 Å². The summed E-state index contributed by atoms with van der Waals surface area (Å²) in [5.74, 6) is 0.968. The first-order valence-corrected chi connectivity index (χ1v) is 5.81. The van der Waals surface area contributed by atoms with Crippen molar-refractivity contribution in [3.05, 3.63) is 28.0 Å². The van der Waals surface area contributed by atoms with Gasteiger partial charge in [0.2, 0.25) is 0 Å². The van der Waals surface area contributed by atoms with Crippen LogP contribution in [0.2, 0.25) is 4.34 Å². The van der Waals surface area contributed by atoms with E-state index in [4.69, 9.17) is 17.3 Å². The molecule has 0 fully saturated rings. The summed E-state index contributed by atoms with van der Waals surface area (Å²) < 4.78 is 2.79. The van der Waals surface area contributed by atoms with Crippen LogP contribution in [0.5, 0.6) is 0 Å². The first-order chi connectivity index (χ1) is 7.13. The number of hydrogen-bond donors (Lipinski definition) is 1. The highest BCUT2D eigenvalue weighted by molar-refractivity contribution is 7.19. The van der Waals surface area contributed by atoms with Gasteiger partial charge in [0.25, 0.3) is 0 Å². The molecule has 2 heterocycles. The maximum atomic E-state index is 5.91. The zero-order chi connectivity index (χ0) is 11.0. The highest BCUT2D eigenvalue weighted by atomic mass is 35.5. The third-order valence-electron chi connectivity index (χ3n) is 2.44. The predicted molar refractivity (Wildman–Crippen MR) is 64.2 cm³/mol. The summed E-state index contributed by atoms with van der Waals surface area (Å²) in [6.07, 6.45) is 0. The van der Waals surface area contributed by atoms with Crippen molar-refractivity contribution in [2.45, 2.75) is 13.5 Å². The summed E-state index contributed by atoms with van der Waals surface area (Å²) in [6, 6.07) is 3.86. The second-order valence-electron chi connectivity index (χ2n) is 3.32. The third-order valence-corrected chi connectivity index (χ3v) is 3.68. The van der Waals surface area contributed by atoms with Crippen LogP contribution in [0.3, 0.4) is 0 Å². The quantitative estimate of drug-likeness (QED) is 0.878. The van der Waals surface area contributed by atoms with Crippen LogP contribution in [0.1, 0.15) is 11.5 Å². The van der Waals surface area contributed by atoms with Crippen LogP contribution in [0.4, 0.5) is 0 Å². The Morgan fingerprint density at radius 3 is 2.80 bits per heavy atom. The van der Waals surface area contributed by atoms with Gasteiger partial charge in [0, 0.05) is 13.6 Å². The van der Waals surface area contributed by atoms with Crippen LogP contribution < -0.4 is 5.73 Å². The first-order valence-electron chi connectivity index (χ1n) is 4.61. The zero-order valence-corrected chi connectivity index (χ0v) is 10.2. The molecule has 2 N–H and O–H groups in total. The molecule has 2 aromatic rings. The van der Waals surface area contributed by atoms with Gasteiger partial charge >= 0.3 is 0 Å². The third kappa shape index (κ3) is 1.80. The first kappa shape index (κ1) is 10.7. The predicted octanol–water partition coefficient (Wildman–Crippen LogP) is 2.57. The van der Waals surface area contributed by atoms with Crippen LogP contribution in [0.25, 0.3) is 10.6 Å². The molecule has 2 rings (SSSR count). The average Bonchev–Trinajstić information content (AvgIpc) is 2.73. The number of nitrogens with two attached hydrogens (primary N) is 1. The van der Waals surface area contributed by atoms with E-state index in [0.29, 0.717) is 6.54 Å². The van der Waals surface area contributed by atoms with E-state index in [1.165, 1.54) is 11.3 Å². The van der Waals surface area contributed by atoms with E-state index in [1.807, 2.05) is 30.7 Å². The van der Waals surface area contributed by atoms with Gasteiger partial charge in [-0.25, -0.2) is 4.98 Å². The molecule has 0 bridgehead atoms. The molecule has 15 heavy (non-hydrogen) atoms. The monoisotopic (exact) mass is 241 g/mol. The average molecular weight is 242 g/mol. The molecule has 0 aliphatic heterocycles. The molecule has 0 aliphatic rings. The molecule has 0 saturated heterocycles. The minimum atomic E-state index is 0.488. The van der Waals surface area contributed by atoms with Crippen molar-refractivity contribution < 1.29 is 0 Å². The summed E-state index contributed by atoms with van der Waals surface area (Å²) >= 11 is 7.43. The Kier molecular flexibility index (Phi) is 2.82. The zero-order valence-electron chi connectivity index (χ0n) is 8.62. The van der Waals surface area contributed by atoms with Crippen LogP contribution in [0, 0.1) is 6.92 Å². The number of aromatic nitrogens is 2. The number of rotatable bonds is 2. The van der Waals surface area contributed by atoms with Crippen molar-refractivity contribution >= 4 is 22.9 Å². The maximum Gasteiger partial charge on any atom is 0.106 e. The smallest absolute Gasteiger partial charge is 0.106 e. The van der Waals surface area contributed by atoms with Crippen LogP contribution in [-0.4, -0.2) is 9.55 Å². The van der Waals surface area contributed by atoms with Gasteiger partial charge in [0.05, 0.1) is 14.9 Å². The fourth-order valence-corrected chi connectivity index (χ4v) is 2.58. The standard InChI is InChI=1S/C10H12ClN3S/c1-6-13-10(7(5-12)14(6)2)8-3-4-9(11)15-8/h3-4H,5,12H2,1-2H3. The molecule has 0 unspecified atom stereocenters. The second kappa shape index (κ2) is 3.96. The molecule has 80 valence electrons. The minimum absolute atomic E-state index is 0.488. The van der Waals surface area contributed by atoms with E-state index in [2.05, 4.69) is 4.98 Å². The van der Waals surface area contributed by atoms with Crippen molar-refractivity contribution in [1.82, 2.24) is 9.55 Å². The molecule has 2 aromatic heterocycles. The number of aryl methyl sites for hydroxylation is 1. The van der Waals surface area contributed by atoms with Gasteiger partial charge < -0.3 is 10.3 Å². The number of thiophene rings is 1. The van der Waals surface area contributed by atoms with Crippen molar-refractivity contribution in [1.29, 1.82) is 0 Å². The van der Waals surface area contributed by atoms with Gasteiger partial charge in [0.15, 0.2) is 0 Å². The summed E-state index contributed by atoms with van der Waals surface area (Å²) in [6.45, 7) is 2.46. The SMILES string of the molecule is Cc1nc(-c2ccc(Cl)s2)c(CN)n1C. The van der Waals surface area contributed by atoms with E-state index in [9.17, 15) is 0 Å². The fraction of sp³-hybridized carbons (Fsp3) is 0.300. The lowest BCUT2D eigenvalue weighted by Gasteiger charge is -2.01. The number of hydrogen-bond acceptors (Lipinski definition) is 3. The van der Waals surface area contributed by atoms with Gasteiger partial charge in [-0.2, -0.15) is 0 Å². The Bertz CT molecular complexity index is 487. The number of halogens is 1. The summed E-state index contributed by atoms with van der Waals surface area (Å²) in [4.78, 5) is 5.57. The second-order valence-corrected chi connectivity index (χ2v) is 5.04. The Hall–Kier alpha value is -0.840. The van der Waals surface area contributed by atoms with E-state index >= 15 is 0 Å². The van der Waals surface area contributed by atoms with Gasteiger partial charge in [-0.1, -0.05) is 11.6 Å². The molecule has 0 aliphatic carbocycles. The van der Waals surface area contributed by atoms with E-state index in [0.717, 1.165) is 26.4 Å². The molecule has 0 amide bonds. The van der Waals surface area contributed by atoms with Gasteiger partial charge in [-0.05, 0) is 19.1 Å². The van der Waals surface area contributed by atoms with Crippen molar-refractivity contribution in [2.24, 2.45) is 12.8 Å². The highest BCUT2D eigenvalue weighted by Gasteiger charge is 2.14. The minimum Gasteiger partial charge on any atom is -0.334 e. The Morgan fingerprint density at radius 2 is 2.27 bits per heavy atom. The molecular weight excluding hydrogens is 230 g/mol. The maximum absolute atomic E-state index is 5.91. The lowest BCUT2D eigenvalue weighted by molar-refractivity contribution is 0.789. The Morgan fingerprint density at radius 1 is 1.53 bits per heavy atom. The Balaban J connectivity index is 2.57. The van der Waals surface area contributed by atoms with Crippen molar-refractivity contribution in [3.63, 3.8) is 0 Å². The molecule has 0 aromatic carbocycles. The van der Waals surface area contributed by atoms with Gasteiger partial charge in [0.1, 0.15) is 11.5 Å². The van der Waals surface area contributed by atoms with Gasteiger partial charge in [-0.15, -0.1) is 11.3 Å². The topological polar surface area (TPSA) is 43.8 Å². The lowest BCUT2D eigenvalue weighted by Crippen LogP contribution is -2.05. The highest BCUT2D eigenvalue weighted by Crippen LogP contribution is 2.32. The normalized spacial score (nSPS) is 10.9. The van der Waals surface area contributed by atoms with E-state index in [-0.39, 0.29) is 0 Å². The lowest BCUT2D eigenvalue weighted by atomic mass is 10.3. The van der Waals surface area contributed by atoms with Crippen molar-refractivity contribution in [3.8, 4) is 10.6 Å². The fourth-order valence-electron chi connectivity index (χ4n) is 1.53. The molecule has 0 atom stereocenters. The van der Waals surface area contributed by atoms with Gasteiger partial charge in [-0.3, -0.25) is 0 Å². The van der Waals surface area contributed by atoms with E-state index < -0.39 is 0 Å². The molecule has 0 saturated carbocycles.